The maximum atomic E-state index is 12.0. The largest absolute Gasteiger partial charge is 0.391 e. The van der Waals surface area contributed by atoms with Crippen LogP contribution in [0.15, 0.2) is 0 Å². The lowest BCUT2D eigenvalue weighted by atomic mass is 9.93. The van der Waals surface area contributed by atoms with Crippen LogP contribution in [-0.2, 0) is 10.0 Å². The minimum Gasteiger partial charge on any atom is -0.391 e. The molecule has 3 N–H and O–H groups in total. The Bertz CT molecular complexity index is 319. The van der Waals surface area contributed by atoms with Crippen molar-refractivity contribution in [1.82, 2.24) is 4.31 Å². The summed E-state index contributed by atoms with van der Waals surface area (Å²) in [4.78, 5) is 0. The zero-order valence-corrected chi connectivity index (χ0v) is 11.3. The van der Waals surface area contributed by atoms with Crippen molar-refractivity contribution in [2.45, 2.75) is 50.7 Å². The standard InChI is InChI=1S/C11H24N2O3S/c1-13(10-6-2-3-7-11(10)14)17(15,16)9-5-4-8-12/h10-11,14H,2-9,12H2,1H3. The molecule has 1 saturated carbocycles. The molecule has 0 aromatic carbocycles. The third-order valence-corrected chi connectivity index (χ3v) is 5.41. The Hall–Kier alpha value is -0.170. The summed E-state index contributed by atoms with van der Waals surface area (Å²) in [5, 5.41) is 9.85. The number of hydrogen-bond donors (Lipinski definition) is 2. The molecule has 0 spiro atoms. The summed E-state index contributed by atoms with van der Waals surface area (Å²) in [6, 6.07) is -0.244. The SMILES string of the molecule is CN(C1CCCCC1O)S(=O)(=O)CCCCN. The molecule has 2 unspecified atom stereocenters. The lowest BCUT2D eigenvalue weighted by Gasteiger charge is -2.34. The fraction of sp³-hybridized carbons (Fsp3) is 1.00. The van der Waals surface area contributed by atoms with Crippen LogP contribution in [0, 0.1) is 0 Å². The van der Waals surface area contributed by atoms with Crippen molar-refractivity contribution in [3.05, 3.63) is 0 Å². The van der Waals surface area contributed by atoms with Crippen LogP contribution in [0.5, 0.6) is 0 Å². The van der Waals surface area contributed by atoms with Crippen molar-refractivity contribution in [3.63, 3.8) is 0 Å². The molecule has 5 nitrogen and oxygen atoms in total. The first-order valence-corrected chi connectivity index (χ1v) is 7.94. The first-order valence-electron chi connectivity index (χ1n) is 6.33. The number of sulfonamides is 1. The van der Waals surface area contributed by atoms with E-state index in [2.05, 4.69) is 0 Å². The molecule has 0 aliphatic heterocycles. The molecule has 0 saturated heterocycles. The number of likely N-dealkylation sites (N-methyl/N-ethyl adjacent to an activating group) is 1. The smallest absolute Gasteiger partial charge is 0.214 e. The number of aliphatic hydroxyl groups excluding tert-OH is 1. The lowest BCUT2D eigenvalue weighted by Crippen LogP contribution is -2.47. The molecule has 0 amide bonds. The highest BCUT2D eigenvalue weighted by Gasteiger charge is 2.32. The van der Waals surface area contributed by atoms with Crippen LogP contribution in [0.3, 0.4) is 0 Å². The zero-order valence-electron chi connectivity index (χ0n) is 10.5. The van der Waals surface area contributed by atoms with Gasteiger partial charge in [0.2, 0.25) is 10.0 Å². The van der Waals surface area contributed by atoms with Gasteiger partial charge < -0.3 is 10.8 Å². The molecule has 0 bridgehead atoms. The number of aliphatic hydroxyl groups is 1. The van der Waals surface area contributed by atoms with Crippen LogP contribution in [0.25, 0.3) is 0 Å². The summed E-state index contributed by atoms with van der Waals surface area (Å²) in [5.41, 5.74) is 5.35. The molecule has 102 valence electrons. The summed E-state index contributed by atoms with van der Waals surface area (Å²) in [7, 11) is -1.67. The molecule has 1 fully saturated rings. The van der Waals surface area contributed by atoms with E-state index in [9.17, 15) is 13.5 Å². The van der Waals surface area contributed by atoms with Gasteiger partial charge in [0.25, 0.3) is 0 Å². The monoisotopic (exact) mass is 264 g/mol. The quantitative estimate of drug-likeness (QED) is 0.675. The van der Waals surface area contributed by atoms with Gasteiger partial charge in [0, 0.05) is 7.05 Å². The third-order valence-electron chi connectivity index (χ3n) is 3.46. The minimum atomic E-state index is -3.25. The molecule has 2 atom stereocenters. The van der Waals surface area contributed by atoms with Crippen molar-refractivity contribution in [3.8, 4) is 0 Å². The predicted molar refractivity (Wildman–Crippen MR) is 68.1 cm³/mol. The first kappa shape index (κ1) is 14.9. The van der Waals surface area contributed by atoms with Gasteiger partial charge in [-0.15, -0.1) is 0 Å². The number of nitrogens with zero attached hydrogens (tertiary/aromatic N) is 1. The van der Waals surface area contributed by atoms with Gasteiger partial charge in [-0.2, -0.15) is 4.31 Å². The highest BCUT2D eigenvalue weighted by atomic mass is 32.2. The predicted octanol–water partition coefficient (Wildman–Crippen LogP) is 0.290. The van der Waals surface area contributed by atoms with Crippen molar-refractivity contribution in [2.24, 2.45) is 5.73 Å². The van der Waals surface area contributed by atoms with E-state index in [-0.39, 0.29) is 11.8 Å². The Balaban J connectivity index is 2.57. The average molecular weight is 264 g/mol. The number of unbranched alkanes of at least 4 members (excludes halogenated alkanes) is 1. The molecule has 17 heavy (non-hydrogen) atoms. The number of nitrogens with two attached hydrogens (primary N) is 1. The van der Waals surface area contributed by atoms with Crippen LogP contribution in [-0.4, -0.2) is 49.3 Å². The van der Waals surface area contributed by atoms with E-state index in [1.807, 2.05) is 0 Å². The second kappa shape index (κ2) is 6.68. The Morgan fingerprint density at radius 3 is 2.53 bits per heavy atom. The zero-order chi connectivity index (χ0) is 12.9. The fourth-order valence-corrected chi connectivity index (χ4v) is 3.81. The van der Waals surface area contributed by atoms with Gasteiger partial charge in [0.1, 0.15) is 0 Å². The molecular weight excluding hydrogens is 240 g/mol. The van der Waals surface area contributed by atoms with Gasteiger partial charge >= 0.3 is 0 Å². The molecule has 1 rings (SSSR count). The van der Waals surface area contributed by atoms with Gasteiger partial charge in [-0.1, -0.05) is 12.8 Å². The summed E-state index contributed by atoms with van der Waals surface area (Å²) in [5.74, 6) is 0.129. The topological polar surface area (TPSA) is 83.6 Å². The molecular formula is C11H24N2O3S. The fourth-order valence-electron chi connectivity index (χ4n) is 2.29. The van der Waals surface area contributed by atoms with E-state index in [0.717, 1.165) is 25.7 Å². The molecule has 1 aliphatic carbocycles. The maximum Gasteiger partial charge on any atom is 0.214 e. The highest BCUT2D eigenvalue weighted by molar-refractivity contribution is 7.89. The van der Waals surface area contributed by atoms with Crippen molar-refractivity contribution >= 4 is 10.0 Å². The first-order chi connectivity index (χ1) is 7.99. The molecule has 0 aromatic rings. The van der Waals surface area contributed by atoms with Crippen LogP contribution in [0.2, 0.25) is 0 Å². The molecule has 0 heterocycles. The van der Waals surface area contributed by atoms with Gasteiger partial charge in [0.05, 0.1) is 17.9 Å². The van der Waals surface area contributed by atoms with Gasteiger partial charge in [-0.05, 0) is 32.2 Å². The summed E-state index contributed by atoms with van der Waals surface area (Å²) >= 11 is 0. The van der Waals surface area contributed by atoms with Crippen LogP contribution in [0.4, 0.5) is 0 Å². The normalized spacial score (nSPS) is 26.4. The van der Waals surface area contributed by atoms with E-state index >= 15 is 0 Å². The number of rotatable bonds is 6. The Labute approximate surface area is 104 Å². The van der Waals surface area contributed by atoms with Crippen LogP contribution < -0.4 is 5.73 Å². The molecule has 0 radical (unpaired) electrons. The van der Waals surface area contributed by atoms with Crippen LogP contribution >= 0.6 is 0 Å². The maximum absolute atomic E-state index is 12.0. The summed E-state index contributed by atoms with van der Waals surface area (Å²) in [6.45, 7) is 0.519. The van der Waals surface area contributed by atoms with Gasteiger partial charge in [-0.25, -0.2) is 8.42 Å². The Kier molecular flexibility index (Phi) is 5.85. The second-order valence-corrected chi connectivity index (χ2v) is 6.90. The molecule has 1 aliphatic rings. The van der Waals surface area contributed by atoms with E-state index in [1.165, 1.54) is 4.31 Å². The number of hydrogen-bond acceptors (Lipinski definition) is 4. The lowest BCUT2D eigenvalue weighted by molar-refractivity contribution is 0.0638. The van der Waals surface area contributed by atoms with Crippen molar-refractivity contribution < 1.29 is 13.5 Å². The highest BCUT2D eigenvalue weighted by Crippen LogP contribution is 2.24. The van der Waals surface area contributed by atoms with E-state index < -0.39 is 16.1 Å². The summed E-state index contributed by atoms with van der Waals surface area (Å²) < 4.78 is 25.4. The summed E-state index contributed by atoms with van der Waals surface area (Å²) in [6.07, 6.45) is 4.23. The minimum absolute atomic E-state index is 0.129. The Morgan fingerprint density at radius 1 is 1.29 bits per heavy atom. The van der Waals surface area contributed by atoms with E-state index in [1.54, 1.807) is 7.05 Å². The van der Waals surface area contributed by atoms with Crippen molar-refractivity contribution in [2.75, 3.05) is 19.3 Å². The van der Waals surface area contributed by atoms with Crippen molar-refractivity contribution in [1.29, 1.82) is 0 Å². The van der Waals surface area contributed by atoms with E-state index in [0.29, 0.717) is 19.4 Å². The molecule has 6 heteroatoms. The average Bonchev–Trinajstić information content (AvgIpc) is 2.29. The molecule has 0 aromatic heterocycles. The Morgan fingerprint density at radius 2 is 1.94 bits per heavy atom. The van der Waals surface area contributed by atoms with E-state index in [4.69, 9.17) is 5.73 Å². The van der Waals surface area contributed by atoms with Gasteiger partial charge in [-0.3, -0.25) is 0 Å². The second-order valence-electron chi connectivity index (χ2n) is 4.75. The third kappa shape index (κ3) is 4.21. The van der Waals surface area contributed by atoms with Crippen LogP contribution in [0.1, 0.15) is 38.5 Å². The van der Waals surface area contributed by atoms with Gasteiger partial charge in [0.15, 0.2) is 0 Å².